The standard InChI is InChI=1S/C18H27NO/c1-13-7-9-17(11-13,12-19)18(20)10-8-14(2)15-5-3-4-6-16(15)18/h3-6,13-14,20H,7-12,19H2,1-2H3. The van der Waals surface area contributed by atoms with E-state index < -0.39 is 5.60 Å². The van der Waals surface area contributed by atoms with E-state index in [2.05, 4.69) is 38.1 Å². The number of hydrogen-bond donors (Lipinski definition) is 2. The summed E-state index contributed by atoms with van der Waals surface area (Å²) < 4.78 is 0. The van der Waals surface area contributed by atoms with Gasteiger partial charge in [-0.3, -0.25) is 0 Å². The van der Waals surface area contributed by atoms with Gasteiger partial charge in [-0.15, -0.1) is 0 Å². The van der Waals surface area contributed by atoms with Crippen LogP contribution in [-0.4, -0.2) is 11.7 Å². The van der Waals surface area contributed by atoms with Crippen LogP contribution in [-0.2, 0) is 5.60 Å². The van der Waals surface area contributed by atoms with Gasteiger partial charge in [0.15, 0.2) is 0 Å². The summed E-state index contributed by atoms with van der Waals surface area (Å²) >= 11 is 0. The minimum Gasteiger partial charge on any atom is -0.385 e. The van der Waals surface area contributed by atoms with Crippen LogP contribution in [0.15, 0.2) is 24.3 Å². The Hall–Kier alpha value is -0.860. The summed E-state index contributed by atoms with van der Waals surface area (Å²) in [6.45, 7) is 5.15. The fourth-order valence-electron chi connectivity index (χ4n) is 4.69. The third kappa shape index (κ3) is 1.85. The number of benzene rings is 1. The van der Waals surface area contributed by atoms with E-state index in [4.69, 9.17) is 5.73 Å². The van der Waals surface area contributed by atoms with Crippen LogP contribution in [0.25, 0.3) is 0 Å². The number of aliphatic hydroxyl groups is 1. The molecule has 0 bridgehead atoms. The fraction of sp³-hybridized carbons (Fsp3) is 0.667. The Balaban J connectivity index is 2.10. The highest BCUT2D eigenvalue weighted by atomic mass is 16.3. The van der Waals surface area contributed by atoms with Crippen molar-refractivity contribution in [3.8, 4) is 0 Å². The van der Waals surface area contributed by atoms with E-state index in [1.54, 1.807) is 0 Å². The van der Waals surface area contributed by atoms with Gasteiger partial charge in [-0.25, -0.2) is 0 Å². The van der Waals surface area contributed by atoms with Crippen LogP contribution in [0, 0.1) is 11.3 Å². The summed E-state index contributed by atoms with van der Waals surface area (Å²) in [5, 5.41) is 11.6. The molecule has 20 heavy (non-hydrogen) atoms. The van der Waals surface area contributed by atoms with Gasteiger partial charge in [-0.05, 0) is 55.1 Å². The Labute approximate surface area is 122 Å². The summed E-state index contributed by atoms with van der Waals surface area (Å²) in [6, 6.07) is 8.47. The second-order valence-electron chi connectivity index (χ2n) is 7.22. The largest absolute Gasteiger partial charge is 0.385 e. The zero-order valence-corrected chi connectivity index (χ0v) is 12.7. The smallest absolute Gasteiger partial charge is 0.0967 e. The SMILES string of the molecule is CC1CCC(CN)(C2(O)CCC(C)c3ccccc32)C1. The topological polar surface area (TPSA) is 46.2 Å². The van der Waals surface area contributed by atoms with Crippen molar-refractivity contribution < 1.29 is 5.11 Å². The molecule has 2 nitrogen and oxygen atoms in total. The molecule has 0 radical (unpaired) electrons. The Morgan fingerprint density at radius 1 is 1.20 bits per heavy atom. The molecule has 3 rings (SSSR count). The van der Waals surface area contributed by atoms with Crippen molar-refractivity contribution in [2.75, 3.05) is 6.54 Å². The predicted molar refractivity (Wildman–Crippen MR) is 82.5 cm³/mol. The number of hydrogen-bond acceptors (Lipinski definition) is 2. The average Bonchev–Trinajstić information content (AvgIpc) is 2.87. The van der Waals surface area contributed by atoms with Crippen LogP contribution in [0.4, 0.5) is 0 Å². The molecule has 2 aliphatic carbocycles. The first kappa shape index (κ1) is 14.1. The zero-order valence-electron chi connectivity index (χ0n) is 12.7. The molecule has 1 fully saturated rings. The maximum Gasteiger partial charge on any atom is 0.0967 e. The third-order valence-electron chi connectivity index (χ3n) is 6.00. The van der Waals surface area contributed by atoms with Crippen molar-refractivity contribution >= 4 is 0 Å². The van der Waals surface area contributed by atoms with Crippen LogP contribution >= 0.6 is 0 Å². The Morgan fingerprint density at radius 3 is 2.60 bits per heavy atom. The molecule has 4 atom stereocenters. The molecule has 0 aromatic heterocycles. The van der Waals surface area contributed by atoms with Gasteiger partial charge in [-0.2, -0.15) is 0 Å². The maximum absolute atomic E-state index is 11.6. The second-order valence-corrected chi connectivity index (χ2v) is 7.22. The summed E-state index contributed by atoms with van der Waals surface area (Å²) in [5.74, 6) is 1.22. The van der Waals surface area contributed by atoms with E-state index in [1.807, 2.05) is 0 Å². The van der Waals surface area contributed by atoms with E-state index in [9.17, 15) is 5.11 Å². The molecule has 1 aromatic rings. The summed E-state index contributed by atoms with van der Waals surface area (Å²) in [4.78, 5) is 0. The number of fused-ring (bicyclic) bond motifs is 1. The van der Waals surface area contributed by atoms with E-state index in [-0.39, 0.29) is 5.41 Å². The summed E-state index contributed by atoms with van der Waals surface area (Å²) in [5.41, 5.74) is 7.81. The number of nitrogens with two attached hydrogens (primary N) is 1. The lowest BCUT2D eigenvalue weighted by Crippen LogP contribution is -2.51. The molecule has 0 aliphatic heterocycles. The minimum absolute atomic E-state index is 0.122. The Morgan fingerprint density at radius 2 is 1.95 bits per heavy atom. The first-order valence-corrected chi connectivity index (χ1v) is 8.04. The molecule has 2 heteroatoms. The second kappa shape index (κ2) is 4.85. The van der Waals surface area contributed by atoms with Gasteiger partial charge in [0.1, 0.15) is 0 Å². The first-order valence-electron chi connectivity index (χ1n) is 8.04. The van der Waals surface area contributed by atoms with E-state index in [0.717, 1.165) is 31.2 Å². The molecule has 3 N–H and O–H groups in total. The third-order valence-corrected chi connectivity index (χ3v) is 6.00. The lowest BCUT2D eigenvalue weighted by Gasteiger charge is -2.49. The van der Waals surface area contributed by atoms with E-state index in [1.165, 1.54) is 12.0 Å². The highest BCUT2D eigenvalue weighted by Crippen LogP contribution is 2.58. The highest BCUT2D eigenvalue weighted by molar-refractivity contribution is 5.39. The summed E-state index contributed by atoms with van der Waals surface area (Å²) in [7, 11) is 0. The van der Waals surface area contributed by atoms with Crippen molar-refractivity contribution in [3.63, 3.8) is 0 Å². The molecule has 1 aromatic carbocycles. The van der Waals surface area contributed by atoms with Crippen LogP contribution in [0.3, 0.4) is 0 Å². The normalized spacial score (nSPS) is 40.6. The molecule has 1 saturated carbocycles. The average molecular weight is 273 g/mol. The van der Waals surface area contributed by atoms with Crippen LogP contribution in [0.5, 0.6) is 0 Å². The molecule has 0 saturated heterocycles. The predicted octanol–water partition coefficient (Wildman–Crippen LogP) is 3.54. The minimum atomic E-state index is -0.727. The van der Waals surface area contributed by atoms with Gasteiger partial charge in [0.2, 0.25) is 0 Å². The van der Waals surface area contributed by atoms with Gasteiger partial charge in [0, 0.05) is 12.0 Å². The molecule has 0 spiro atoms. The fourth-order valence-corrected chi connectivity index (χ4v) is 4.69. The van der Waals surface area contributed by atoms with Crippen LogP contribution in [0.1, 0.15) is 63.0 Å². The van der Waals surface area contributed by atoms with Gasteiger partial charge >= 0.3 is 0 Å². The molecule has 0 amide bonds. The molecular weight excluding hydrogens is 246 g/mol. The number of rotatable bonds is 2. The van der Waals surface area contributed by atoms with Gasteiger partial charge < -0.3 is 10.8 Å². The van der Waals surface area contributed by atoms with Crippen molar-refractivity contribution in [2.45, 2.75) is 57.5 Å². The van der Waals surface area contributed by atoms with Gasteiger partial charge in [0.25, 0.3) is 0 Å². The lowest BCUT2D eigenvalue weighted by atomic mass is 9.60. The monoisotopic (exact) mass is 273 g/mol. The first-order chi connectivity index (χ1) is 9.52. The van der Waals surface area contributed by atoms with Gasteiger partial charge in [0.05, 0.1) is 5.60 Å². The lowest BCUT2D eigenvalue weighted by molar-refractivity contribution is -0.101. The van der Waals surface area contributed by atoms with E-state index >= 15 is 0 Å². The molecule has 0 heterocycles. The Kier molecular flexibility index (Phi) is 3.42. The van der Waals surface area contributed by atoms with Crippen molar-refractivity contribution in [1.29, 1.82) is 0 Å². The molecule has 110 valence electrons. The summed E-state index contributed by atoms with van der Waals surface area (Å²) in [6.07, 6.45) is 5.22. The molecule has 4 unspecified atom stereocenters. The van der Waals surface area contributed by atoms with Crippen molar-refractivity contribution in [3.05, 3.63) is 35.4 Å². The Bertz CT molecular complexity index is 500. The van der Waals surface area contributed by atoms with E-state index in [0.29, 0.717) is 18.4 Å². The van der Waals surface area contributed by atoms with Crippen LogP contribution < -0.4 is 5.73 Å². The van der Waals surface area contributed by atoms with Crippen molar-refractivity contribution in [1.82, 2.24) is 0 Å². The van der Waals surface area contributed by atoms with Crippen molar-refractivity contribution in [2.24, 2.45) is 17.1 Å². The van der Waals surface area contributed by atoms with Crippen LogP contribution in [0.2, 0.25) is 0 Å². The molecular formula is C18H27NO. The zero-order chi connectivity index (χ0) is 14.4. The van der Waals surface area contributed by atoms with Gasteiger partial charge in [-0.1, -0.05) is 38.1 Å². The highest BCUT2D eigenvalue weighted by Gasteiger charge is 2.55. The maximum atomic E-state index is 11.6. The molecule has 2 aliphatic rings. The quantitative estimate of drug-likeness (QED) is 0.866.